The summed E-state index contributed by atoms with van der Waals surface area (Å²) in [4.78, 5) is 3.87. The third-order valence-corrected chi connectivity index (χ3v) is 1.08. The van der Waals surface area contributed by atoms with Crippen LogP contribution < -0.4 is 11.1 Å². The van der Waals surface area contributed by atoms with Gasteiger partial charge in [0.15, 0.2) is 0 Å². The van der Waals surface area contributed by atoms with Gasteiger partial charge in [0, 0.05) is 7.05 Å². The monoisotopic (exact) mass is 123 g/mol. The number of hydrogen-bond acceptors (Lipinski definition) is 3. The second-order valence-corrected chi connectivity index (χ2v) is 1.72. The molecule has 0 unspecified atom stereocenters. The highest BCUT2D eigenvalue weighted by atomic mass is 14.9. The van der Waals surface area contributed by atoms with E-state index in [0.717, 1.165) is 5.69 Å². The molecule has 0 radical (unpaired) electrons. The van der Waals surface area contributed by atoms with Crippen LogP contribution in [0.2, 0.25) is 0 Å². The van der Waals surface area contributed by atoms with E-state index in [1.165, 1.54) is 0 Å². The SMILES string of the molecule is CNc1ccc(N)nc1. The van der Waals surface area contributed by atoms with E-state index in [-0.39, 0.29) is 0 Å². The molecule has 48 valence electrons. The Bertz CT molecular complexity index is 180. The van der Waals surface area contributed by atoms with Crippen molar-refractivity contribution in [1.82, 2.24) is 4.98 Å². The molecular formula is C6H9N3. The lowest BCUT2D eigenvalue weighted by molar-refractivity contribution is 1.32. The molecular weight excluding hydrogens is 114 g/mol. The standard InChI is InChI=1S/C6H9N3/c1-8-5-2-3-6(7)9-4-5/h2-4,8H,1H3,(H2,7,9). The summed E-state index contributed by atoms with van der Waals surface area (Å²) in [5.74, 6) is 0.550. The number of nitrogen functional groups attached to an aromatic ring is 1. The Morgan fingerprint density at radius 2 is 2.33 bits per heavy atom. The molecule has 0 spiro atoms. The molecule has 1 heterocycles. The Balaban J connectivity index is 2.88. The average Bonchev–Trinajstić information content (AvgIpc) is 1.90. The van der Waals surface area contributed by atoms with Gasteiger partial charge in [-0.15, -0.1) is 0 Å². The minimum atomic E-state index is 0.550. The summed E-state index contributed by atoms with van der Waals surface area (Å²) in [5.41, 5.74) is 6.32. The lowest BCUT2D eigenvalue weighted by atomic mass is 10.4. The Morgan fingerprint density at radius 3 is 2.78 bits per heavy atom. The van der Waals surface area contributed by atoms with E-state index in [2.05, 4.69) is 10.3 Å². The Morgan fingerprint density at radius 1 is 1.56 bits per heavy atom. The fourth-order valence-electron chi connectivity index (χ4n) is 0.553. The smallest absolute Gasteiger partial charge is 0.123 e. The molecule has 0 atom stereocenters. The van der Waals surface area contributed by atoms with Crippen LogP contribution in [-0.2, 0) is 0 Å². The molecule has 0 saturated carbocycles. The van der Waals surface area contributed by atoms with Gasteiger partial charge in [-0.25, -0.2) is 4.98 Å². The van der Waals surface area contributed by atoms with Gasteiger partial charge in [-0.2, -0.15) is 0 Å². The van der Waals surface area contributed by atoms with Crippen molar-refractivity contribution in [1.29, 1.82) is 0 Å². The molecule has 1 aromatic rings. The molecule has 0 amide bonds. The van der Waals surface area contributed by atoms with Gasteiger partial charge < -0.3 is 11.1 Å². The first kappa shape index (κ1) is 5.88. The fourth-order valence-corrected chi connectivity index (χ4v) is 0.553. The first-order valence-electron chi connectivity index (χ1n) is 2.72. The minimum Gasteiger partial charge on any atom is -0.387 e. The number of pyridine rings is 1. The van der Waals surface area contributed by atoms with Crippen LogP contribution in [0, 0.1) is 0 Å². The molecule has 9 heavy (non-hydrogen) atoms. The molecule has 1 rings (SSSR count). The van der Waals surface area contributed by atoms with Crippen LogP contribution in [0.1, 0.15) is 0 Å². The summed E-state index contributed by atoms with van der Waals surface area (Å²) in [6.45, 7) is 0. The topological polar surface area (TPSA) is 50.9 Å². The van der Waals surface area contributed by atoms with Crippen molar-refractivity contribution in [3.8, 4) is 0 Å². The highest BCUT2D eigenvalue weighted by Crippen LogP contribution is 2.04. The molecule has 0 aliphatic heterocycles. The number of anilines is 2. The van der Waals surface area contributed by atoms with Crippen LogP contribution in [0.4, 0.5) is 11.5 Å². The van der Waals surface area contributed by atoms with E-state index in [0.29, 0.717) is 5.82 Å². The lowest BCUT2D eigenvalue weighted by Crippen LogP contribution is -1.91. The summed E-state index contributed by atoms with van der Waals surface area (Å²) in [6.07, 6.45) is 1.69. The fraction of sp³-hybridized carbons (Fsp3) is 0.167. The highest BCUT2D eigenvalue weighted by molar-refractivity contribution is 5.44. The van der Waals surface area contributed by atoms with Crippen molar-refractivity contribution in [2.45, 2.75) is 0 Å². The van der Waals surface area contributed by atoms with Crippen molar-refractivity contribution in [3.63, 3.8) is 0 Å². The molecule has 0 aliphatic carbocycles. The number of rotatable bonds is 1. The molecule has 0 aromatic carbocycles. The van der Waals surface area contributed by atoms with Gasteiger partial charge in [-0.05, 0) is 12.1 Å². The maximum Gasteiger partial charge on any atom is 0.123 e. The van der Waals surface area contributed by atoms with Gasteiger partial charge >= 0.3 is 0 Å². The van der Waals surface area contributed by atoms with Gasteiger partial charge in [-0.3, -0.25) is 0 Å². The van der Waals surface area contributed by atoms with E-state index in [9.17, 15) is 0 Å². The van der Waals surface area contributed by atoms with Crippen LogP contribution >= 0.6 is 0 Å². The third-order valence-electron chi connectivity index (χ3n) is 1.08. The highest BCUT2D eigenvalue weighted by Gasteiger charge is 1.85. The maximum atomic E-state index is 5.34. The van der Waals surface area contributed by atoms with Gasteiger partial charge in [0.1, 0.15) is 5.82 Å². The van der Waals surface area contributed by atoms with Crippen molar-refractivity contribution >= 4 is 11.5 Å². The summed E-state index contributed by atoms with van der Waals surface area (Å²) >= 11 is 0. The largest absolute Gasteiger partial charge is 0.387 e. The first-order valence-corrected chi connectivity index (χ1v) is 2.72. The van der Waals surface area contributed by atoms with E-state index in [1.807, 2.05) is 13.1 Å². The van der Waals surface area contributed by atoms with Crippen LogP contribution in [0.25, 0.3) is 0 Å². The van der Waals surface area contributed by atoms with Gasteiger partial charge in [0.25, 0.3) is 0 Å². The normalized spacial score (nSPS) is 9.00. The summed E-state index contributed by atoms with van der Waals surface area (Å²) < 4.78 is 0. The Hall–Kier alpha value is -1.25. The van der Waals surface area contributed by atoms with Crippen LogP contribution in [0.3, 0.4) is 0 Å². The zero-order valence-electron chi connectivity index (χ0n) is 5.26. The number of nitrogens with one attached hydrogen (secondary N) is 1. The molecule has 1 aromatic heterocycles. The van der Waals surface area contributed by atoms with Crippen molar-refractivity contribution in [2.75, 3.05) is 18.1 Å². The van der Waals surface area contributed by atoms with E-state index in [1.54, 1.807) is 12.3 Å². The lowest BCUT2D eigenvalue weighted by Gasteiger charge is -1.96. The minimum absolute atomic E-state index is 0.550. The van der Waals surface area contributed by atoms with E-state index in [4.69, 9.17) is 5.73 Å². The number of nitrogens with two attached hydrogens (primary N) is 1. The number of nitrogens with zero attached hydrogens (tertiary/aromatic N) is 1. The van der Waals surface area contributed by atoms with Crippen LogP contribution in [0.15, 0.2) is 18.3 Å². The van der Waals surface area contributed by atoms with Crippen molar-refractivity contribution < 1.29 is 0 Å². The van der Waals surface area contributed by atoms with Gasteiger partial charge in [0.05, 0.1) is 11.9 Å². The summed E-state index contributed by atoms with van der Waals surface area (Å²) in [7, 11) is 1.84. The van der Waals surface area contributed by atoms with Gasteiger partial charge in [0.2, 0.25) is 0 Å². The summed E-state index contributed by atoms with van der Waals surface area (Å²) in [6, 6.07) is 3.63. The molecule has 0 fully saturated rings. The first-order chi connectivity index (χ1) is 4.33. The molecule has 3 heteroatoms. The van der Waals surface area contributed by atoms with E-state index >= 15 is 0 Å². The van der Waals surface area contributed by atoms with Crippen molar-refractivity contribution in [2.24, 2.45) is 0 Å². The second-order valence-electron chi connectivity index (χ2n) is 1.72. The van der Waals surface area contributed by atoms with E-state index < -0.39 is 0 Å². The molecule has 0 aliphatic rings. The molecule has 0 bridgehead atoms. The maximum absolute atomic E-state index is 5.34. The second kappa shape index (κ2) is 2.35. The van der Waals surface area contributed by atoms with Crippen LogP contribution in [0.5, 0.6) is 0 Å². The zero-order valence-corrected chi connectivity index (χ0v) is 5.26. The predicted octanol–water partition coefficient (Wildman–Crippen LogP) is 0.705. The molecule has 3 nitrogen and oxygen atoms in total. The number of aromatic nitrogens is 1. The van der Waals surface area contributed by atoms with Gasteiger partial charge in [-0.1, -0.05) is 0 Å². The number of hydrogen-bond donors (Lipinski definition) is 2. The quantitative estimate of drug-likeness (QED) is 0.578. The summed E-state index contributed by atoms with van der Waals surface area (Å²) in [5, 5.41) is 2.94. The Labute approximate surface area is 53.9 Å². The van der Waals surface area contributed by atoms with Crippen LogP contribution in [-0.4, -0.2) is 12.0 Å². The predicted molar refractivity (Wildman–Crippen MR) is 38.2 cm³/mol. The van der Waals surface area contributed by atoms with Crippen molar-refractivity contribution in [3.05, 3.63) is 18.3 Å². The average molecular weight is 123 g/mol. The Kier molecular flexibility index (Phi) is 1.53. The third kappa shape index (κ3) is 1.32. The zero-order chi connectivity index (χ0) is 6.69. The molecule has 0 saturated heterocycles. The molecule has 3 N–H and O–H groups in total.